The van der Waals surface area contributed by atoms with E-state index in [4.69, 9.17) is 4.74 Å². The van der Waals surface area contributed by atoms with Crippen molar-refractivity contribution in [3.8, 4) is 0 Å². The van der Waals surface area contributed by atoms with E-state index in [9.17, 15) is 13.6 Å². The zero-order chi connectivity index (χ0) is 14.4. The summed E-state index contributed by atoms with van der Waals surface area (Å²) in [5.74, 6) is -0.767. The lowest BCUT2D eigenvalue weighted by molar-refractivity contribution is 0.145. The third-order valence-electron chi connectivity index (χ3n) is 2.37. The molecule has 0 aliphatic carbocycles. The molecule has 1 aromatic rings. The molecule has 0 saturated carbocycles. The summed E-state index contributed by atoms with van der Waals surface area (Å²) in [6, 6.07) is 2.88. The minimum absolute atomic E-state index is 0.0451. The summed E-state index contributed by atoms with van der Waals surface area (Å²) in [5.41, 5.74) is 0.0451. The lowest BCUT2D eigenvalue weighted by Gasteiger charge is -2.18. The minimum atomic E-state index is -2.07. The third kappa shape index (κ3) is 4.27. The molecular formula is C12H13BrF2N2O2. The second kappa shape index (κ2) is 7.18. The van der Waals surface area contributed by atoms with Crippen molar-refractivity contribution in [2.75, 3.05) is 13.1 Å². The van der Waals surface area contributed by atoms with Gasteiger partial charge in [-0.25, -0.2) is 9.78 Å². The number of ether oxygens (including phenoxy) is 1. The van der Waals surface area contributed by atoms with E-state index in [1.54, 1.807) is 13.8 Å². The predicted octanol–water partition coefficient (Wildman–Crippen LogP) is 3.89. The van der Waals surface area contributed by atoms with Crippen LogP contribution in [0.4, 0.5) is 13.6 Å². The van der Waals surface area contributed by atoms with Gasteiger partial charge in [0.15, 0.2) is 0 Å². The number of rotatable bonds is 4. The van der Waals surface area contributed by atoms with Gasteiger partial charge >= 0.3 is 12.2 Å². The highest BCUT2D eigenvalue weighted by Gasteiger charge is 2.19. The van der Waals surface area contributed by atoms with Crippen LogP contribution in [0, 0.1) is 0 Å². The number of amides is 1. The summed E-state index contributed by atoms with van der Waals surface area (Å²) in [6.45, 7) is 4.24. The molecule has 1 rings (SSSR count). The Morgan fingerprint density at radius 1 is 1.37 bits per heavy atom. The maximum Gasteiger partial charge on any atom is 0.415 e. The normalized spacial score (nSPS) is 9.95. The van der Waals surface area contributed by atoms with Crippen LogP contribution in [0.15, 0.2) is 29.0 Å². The lowest BCUT2D eigenvalue weighted by atomic mass is 10.2. The van der Waals surface area contributed by atoms with E-state index in [2.05, 4.69) is 20.9 Å². The Labute approximate surface area is 118 Å². The average Bonchev–Trinajstić information content (AvgIpc) is 2.38. The first-order chi connectivity index (χ1) is 8.99. The number of carbonyl (C=O) groups is 1. The number of halogens is 3. The van der Waals surface area contributed by atoms with Crippen molar-refractivity contribution in [1.82, 2.24) is 9.88 Å². The summed E-state index contributed by atoms with van der Waals surface area (Å²) >= 11 is 3.10. The molecule has 0 unspecified atom stereocenters. The Morgan fingerprint density at radius 2 is 2.00 bits per heavy atom. The summed E-state index contributed by atoms with van der Waals surface area (Å²) in [6.07, 6.45) is -1.67. The van der Waals surface area contributed by atoms with Crippen LogP contribution >= 0.6 is 15.9 Å². The third-order valence-corrected chi connectivity index (χ3v) is 2.84. The van der Waals surface area contributed by atoms with Gasteiger partial charge in [-0.15, -0.1) is 0 Å². The van der Waals surface area contributed by atoms with Gasteiger partial charge in [-0.3, -0.25) is 0 Å². The van der Waals surface area contributed by atoms with Gasteiger partial charge in [0.1, 0.15) is 4.60 Å². The maximum atomic E-state index is 12.9. The number of hydrogen-bond acceptors (Lipinski definition) is 3. The monoisotopic (exact) mass is 334 g/mol. The number of carbonyl (C=O) groups excluding carboxylic acids is 1. The number of hydrogen-bond donors (Lipinski definition) is 0. The van der Waals surface area contributed by atoms with Crippen molar-refractivity contribution in [2.24, 2.45) is 0 Å². The average molecular weight is 335 g/mol. The van der Waals surface area contributed by atoms with Crippen LogP contribution in [0.1, 0.15) is 19.4 Å². The first kappa shape index (κ1) is 15.6. The molecule has 1 heterocycles. The van der Waals surface area contributed by atoms with Crippen LogP contribution in [-0.4, -0.2) is 29.1 Å². The van der Waals surface area contributed by atoms with Crippen LogP contribution in [0.2, 0.25) is 0 Å². The van der Waals surface area contributed by atoms with E-state index in [0.29, 0.717) is 17.7 Å². The molecule has 0 fully saturated rings. The van der Waals surface area contributed by atoms with Crippen molar-refractivity contribution in [2.45, 2.75) is 13.8 Å². The molecule has 0 saturated heterocycles. The van der Waals surface area contributed by atoms with Crippen LogP contribution in [0.25, 0.3) is 5.76 Å². The number of aromatic nitrogens is 1. The van der Waals surface area contributed by atoms with E-state index < -0.39 is 17.9 Å². The van der Waals surface area contributed by atoms with Crippen molar-refractivity contribution in [1.29, 1.82) is 0 Å². The fourth-order valence-corrected chi connectivity index (χ4v) is 1.58. The number of nitrogens with zero attached hydrogens (tertiary/aromatic N) is 2. The highest BCUT2D eigenvalue weighted by Crippen LogP contribution is 2.23. The smallest absolute Gasteiger partial charge is 0.404 e. The molecule has 0 atom stereocenters. The van der Waals surface area contributed by atoms with Crippen LogP contribution in [-0.2, 0) is 4.74 Å². The molecule has 1 amide bonds. The topological polar surface area (TPSA) is 42.4 Å². The summed E-state index contributed by atoms with van der Waals surface area (Å²) in [7, 11) is 0. The van der Waals surface area contributed by atoms with Crippen molar-refractivity contribution < 1.29 is 18.3 Å². The molecule has 4 nitrogen and oxygen atoms in total. The molecule has 0 aliphatic rings. The van der Waals surface area contributed by atoms with E-state index in [0.717, 1.165) is 0 Å². The van der Waals surface area contributed by atoms with Gasteiger partial charge in [0.25, 0.3) is 0 Å². The molecule has 1 aromatic heterocycles. The van der Waals surface area contributed by atoms with Crippen molar-refractivity contribution >= 4 is 27.8 Å². The van der Waals surface area contributed by atoms with E-state index in [-0.39, 0.29) is 5.56 Å². The Balaban J connectivity index is 2.95. The van der Waals surface area contributed by atoms with Gasteiger partial charge in [0.05, 0.1) is 0 Å². The Morgan fingerprint density at radius 3 is 2.42 bits per heavy atom. The Bertz CT molecular complexity index is 469. The first-order valence-corrected chi connectivity index (χ1v) is 6.42. The van der Waals surface area contributed by atoms with Gasteiger partial charge in [0, 0.05) is 24.8 Å². The van der Waals surface area contributed by atoms with E-state index in [1.165, 1.54) is 23.2 Å². The van der Waals surface area contributed by atoms with Gasteiger partial charge in [-0.2, -0.15) is 8.78 Å². The summed E-state index contributed by atoms with van der Waals surface area (Å²) in [4.78, 5) is 16.8. The Kier molecular flexibility index (Phi) is 5.88. The van der Waals surface area contributed by atoms with Crippen LogP contribution in [0.5, 0.6) is 0 Å². The fourth-order valence-electron chi connectivity index (χ4n) is 1.35. The second-order valence-corrected chi connectivity index (χ2v) is 4.31. The molecule has 0 bridgehead atoms. The van der Waals surface area contributed by atoms with Gasteiger partial charge < -0.3 is 9.64 Å². The molecule has 0 radical (unpaired) electrons. The molecule has 19 heavy (non-hydrogen) atoms. The van der Waals surface area contributed by atoms with Gasteiger partial charge in [0.2, 0.25) is 5.76 Å². The molecular weight excluding hydrogens is 322 g/mol. The summed E-state index contributed by atoms with van der Waals surface area (Å²) < 4.78 is 31.0. The first-order valence-electron chi connectivity index (χ1n) is 5.63. The van der Waals surface area contributed by atoms with Crippen molar-refractivity contribution in [3.63, 3.8) is 0 Å². The maximum absolute atomic E-state index is 12.9. The quantitative estimate of drug-likeness (QED) is 0.619. The largest absolute Gasteiger partial charge is 0.415 e. The second-order valence-electron chi connectivity index (χ2n) is 3.50. The van der Waals surface area contributed by atoms with E-state index >= 15 is 0 Å². The Hall–Kier alpha value is -1.50. The zero-order valence-corrected chi connectivity index (χ0v) is 12.1. The molecule has 0 spiro atoms. The zero-order valence-electron chi connectivity index (χ0n) is 10.5. The molecule has 104 valence electrons. The van der Waals surface area contributed by atoms with Gasteiger partial charge in [-0.1, -0.05) is 0 Å². The number of pyridine rings is 1. The van der Waals surface area contributed by atoms with Crippen molar-refractivity contribution in [3.05, 3.63) is 34.6 Å². The molecule has 7 heteroatoms. The van der Waals surface area contributed by atoms with E-state index in [1.807, 2.05) is 0 Å². The fraction of sp³-hybridized carbons (Fsp3) is 0.333. The van der Waals surface area contributed by atoms with Crippen LogP contribution in [0.3, 0.4) is 0 Å². The highest BCUT2D eigenvalue weighted by molar-refractivity contribution is 9.10. The summed E-state index contributed by atoms with van der Waals surface area (Å²) in [5, 5.41) is 0. The predicted molar refractivity (Wildman–Crippen MR) is 70.5 cm³/mol. The van der Waals surface area contributed by atoms with Gasteiger partial charge in [-0.05, 0) is 41.9 Å². The lowest BCUT2D eigenvalue weighted by Crippen LogP contribution is -2.30. The van der Waals surface area contributed by atoms with Crippen LogP contribution < -0.4 is 0 Å². The molecule has 0 aromatic carbocycles. The highest BCUT2D eigenvalue weighted by atomic mass is 79.9. The molecule has 0 N–H and O–H groups in total. The molecule has 0 aliphatic heterocycles. The minimum Gasteiger partial charge on any atom is -0.404 e. The SMILES string of the molecule is CCN(CC)C(=O)OC(=C(F)F)c1ccc(Br)nc1. The standard InChI is InChI=1S/C12H13BrF2N2O2/c1-3-17(4-2)12(18)19-10(11(14)15)8-5-6-9(13)16-7-8/h5-7H,3-4H2,1-2H3.